The molecule has 0 rings (SSSR count). The van der Waals surface area contributed by atoms with Gasteiger partial charge in [0.15, 0.2) is 0 Å². The van der Waals surface area contributed by atoms with E-state index in [9.17, 15) is 0 Å². The van der Waals surface area contributed by atoms with Gasteiger partial charge in [0, 0.05) is 13.1 Å². The first-order chi connectivity index (χ1) is 5.02. The van der Waals surface area contributed by atoms with Gasteiger partial charge < -0.3 is 0 Å². The molecule has 0 aliphatic carbocycles. The van der Waals surface area contributed by atoms with Crippen molar-refractivity contribution in [2.24, 2.45) is 11.3 Å². The molecule has 1 unspecified atom stereocenters. The van der Waals surface area contributed by atoms with Gasteiger partial charge >= 0.3 is 0 Å². The molecule has 0 spiro atoms. The molecule has 0 bridgehead atoms. The van der Waals surface area contributed by atoms with Crippen molar-refractivity contribution in [2.45, 2.75) is 33.6 Å². The summed E-state index contributed by atoms with van der Waals surface area (Å²) in [6, 6.07) is 0. The zero-order valence-electron chi connectivity index (χ0n) is 7.91. The first-order valence-electron chi connectivity index (χ1n) is 4.31. The Bertz CT molecular complexity index is 99.7. The van der Waals surface area contributed by atoms with E-state index in [0.29, 0.717) is 19.0 Å². The molecule has 1 atom stereocenters. The van der Waals surface area contributed by atoms with Crippen molar-refractivity contribution in [3.63, 3.8) is 0 Å². The standard InChI is InChI=1S/C9H20N2/c1-8(7-11)6-9(2,3)4-5-10/h8,10-11H,4-7H2,1-3H3. The summed E-state index contributed by atoms with van der Waals surface area (Å²) in [5.74, 6) is 0.483. The smallest absolute Gasteiger partial charge is 0.0126 e. The molecule has 2 N–H and O–H groups in total. The molecule has 0 aromatic rings. The lowest BCUT2D eigenvalue weighted by Gasteiger charge is -2.26. The molecule has 0 aromatic carbocycles. The average Bonchev–Trinajstić information content (AvgIpc) is 1.86. The van der Waals surface area contributed by atoms with Gasteiger partial charge in [-0.25, -0.2) is 0 Å². The SMILES string of the molecule is CC(C[NH])CC(C)(C)CC[NH]. The molecule has 0 aromatic heterocycles. The Balaban J connectivity index is 3.70. The highest BCUT2D eigenvalue weighted by atomic mass is 14.6. The highest BCUT2D eigenvalue weighted by Gasteiger charge is 2.19. The van der Waals surface area contributed by atoms with Crippen LogP contribution in [0.1, 0.15) is 33.6 Å². The molecule has 0 fully saturated rings. The lowest BCUT2D eigenvalue weighted by molar-refractivity contribution is 0.262. The topological polar surface area (TPSA) is 47.6 Å². The fraction of sp³-hybridized carbons (Fsp3) is 1.00. The van der Waals surface area contributed by atoms with Crippen molar-refractivity contribution in [3.8, 4) is 0 Å². The summed E-state index contributed by atoms with van der Waals surface area (Å²) in [6.07, 6.45) is 2.03. The van der Waals surface area contributed by atoms with E-state index < -0.39 is 0 Å². The molecule has 2 heteroatoms. The van der Waals surface area contributed by atoms with Gasteiger partial charge in [-0.1, -0.05) is 20.8 Å². The minimum absolute atomic E-state index is 0.266. The summed E-state index contributed by atoms with van der Waals surface area (Å²) in [5.41, 5.74) is 14.6. The van der Waals surface area contributed by atoms with Crippen molar-refractivity contribution < 1.29 is 0 Å². The van der Waals surface area contributed by atoms with Gasteiger partial charge in [0.05, 0.1) is 0 Å². The van der Waals surface area contributed by atoms with Gasteiger partial charge in [-0.15, -0.1) is 0 Å². The van der Waals surface area contributed by atoms with Crippen LogP contribution in [-0.4, -0.2) is 13.1 Å². The Morgan fingerprint density at radius 3 is 2.18 bits per heavy atom. The predicted molar refractivity (Wildman–Crippen MR) is 48.1 cm³/mol. The van der Waals surface area contributed by atoms with Gasteiger partial charge in [-0.2, -0.15) is 0 Å². The summed E-state index contributed by atoms with van der Waals surface area (Å²) in [5, 5.41) is 0. The van der Waals surface area contributed by atoms with Crippen LogP contribution in [0.25, 0.3) is 0 Å². The van der Waals surface area contributed by atoms with E-state index in [1.165, 1.54) is 0 Å². The first kappa shape index (κ1) is 10.9. The van der Waals surface area contributed by atoms with Crippen LogP contribution in [0.5, 0.6) is 0 Å². The molecule has 66 valence electrons. The molecule has 2 nitrogen and oxygen atoms in total. The van der Waals surface area contributed by atoms with E-state index in [1.54, 1.807) is 0 Å². The lowest BCUT2D eigenvalue weighted by Crippen LogP contribution is -2.19. The van der Waals surface area contributed by atoms with Gasteiger partial charge in [0.1, 0.15) is 0 Å². The van der Waals surface area contributed by atoms with Crippen molar-refractivity contribution in [3.05, 3.63) is 0 Å². The van der Waals surface area contributed by atoms with Crippen LogP contribution in [0, 0.1) is 11.3 Å². The van der Waals surface area contributed by atoms with Gasteiger partial charge in [-0.05, 0) is 24.2 Å². The molecule has 0 saturated heterocycles. The fourth-order valence-corrected chi connectivity index (χ4v) is 1.46. The summed E-state index contributed by atoms with van der Waals surface area (Å²) < 4.78 is 0. The van der Waals surface area contributed by atoms with Crippen molar-refractivity contribution >= 4 is 0 Å². The second-order valence-electron chi connectivity index (χ2n) is 4.18. The zero-order chi connectivity index (χ0) is 8.91. The lowest BCUT2D eigenvalue weighted by atomic mass is 9.81. The largest absolute Gasteiger partial charge is 0.258 e. The van der Waals surface area contributed by atoms with Crippen molar-refractivity contribution in [2.75, 3.05) is 13.1 Å². The van der Waals surface area contributed by atoms with E-state index in [2.05, 4.69) is 20.8 Å². The van der Waals surface area contributed by atoms with E-state index in [1.807, 2.05) is 0 Å². The fourth-order valence-electron chi connectivity index (χ4n) is 1.46. The van der Waals surface area contributed by atoms with Gasteiger partial charge in [-0.3, -0.25) is 11.5 Å². The number of rotatable bonds is 5. The minimum atomic E-state index is 0.266. The molecule has 0 amide bonds. The Morgan fingerprint density at radius 1 is 1.27 bits per heavy atom. The summed E-state index contributed by atoms with van der Waals surface area (Å²) >= 11 is 0. The van der Waals surface area contributed by atoms with E-state index in [4.69, 9.17) is 11.5 Å². The molecule has 0 saturated carbocycles. The molecular formula is C9H20N2. The normalized spacial score (nSPS) is 15.0. The quantitative estimate of drug-likeness (QED) is 0.584. The Morgan fingerprint density at radius 2 is 1.82 bits per heavy atom. The molecule has 11 heavy (non-hydrogen) atoms. The third-order valence-corrected chi connectivity index (χ3v) is 2.05. The third kappa shape index (κ3) is 5.22. The zero-order valence-corrected chi connectivity index (χ0v) is 7.91. The highest BCUT2D eigenvalue weighted by molar-refractivity contribution is 4.72. The van der Waals surface area contributed by atoms with Gasteiger partial charge in [0.2, 0.25) is 0 Å². The Labute approximate surface area is 70.3 Å². The van der Waals surface area contributed by atoms with Crippen molar-refractivity contribution in [1.82, 2.24) is 11.5 Å². The maximum atomic E-state index is 7.17. The van der Waals surface area contributed by atoms with Gasteiger partial charge in [0.25, 0.3) is 0 Å². The Kier molecular flexibility index (Phi) is 4.69. The second-order valence-corrected chi connectivity index (χ2v) is 4.18. The second kappa shape index (κ2) is 4.73. The molecular weight excluding hydrogens is 136 g/mol. The molecule has 0 aliphatic heterocycles. The summed E-state index contributed by atoms with van der Waals surface area (Å²) in [4.78, 5) is 0. The van der Waals surface area contributed by atoms with Crippen LogP contribution in [0.3, 0.4) is 0 Å². The predicted octanol–water partition coefficient (Wildman–Crippen LogP) is 1.99. The first-order valence-corrected chi connectivity index (χ1v) is 4.31. The number of hydrogen-bond acceptors (Lipinski definition) is 0. The molecule has 2 radical (unpaired) electrons. The van der Waals surface area contributed by atoms with Crippen LogP contribution in [0.15, 0.2) is 0 Å². The van der Waals surface area contributed by atoms with Crippen LogP contribution in [0.2, 0.25) is 0 Å². The number of nitrogens with one attached hydrogen (secondary N) is 2. The van der Waals surface area contributed by atoms with E-state index >= 15 is 0 Å². The van der Waals surface area contributed by atoms with E-state index in [-0.39, 0.29) is 5.41 Å². The highest BCUT2D eigenvalue weighted by Crippen LogP contribution is 2.28. The monoisotopic (exact) mass is 156 g/mol. The van der Waals surface area contributed by atoms with Crippen LogP contribution in [0.4, 0.5) is 0 Å². The third-order valence-electron chi connectivity index (χ3n) is 2.05. The molecule has 0 aliphatic rings. The van der Waals surface area contributed by atoms with Crippen molar-refractivity contribution in [1.29, 1.82) is 0 Å². The number of hydrogen-bond donors (Lipinski definition) is 0. The maximum absolute atomic E-state index is 7.17. The Hall–Kier alpha value is -0.0800. The van der Waals surface area contributed by atoms with Crippen LogP contribution < -0.4 is 11.5 Å². The maximum Gasteiger partial charge on any atom is 0.0126 e. The van der Waals surface area contributed by atoms with Crippen LogP contribution >= 0.6 is 0 Å². The summed E-state index contributed by atoms with van der Waals surface area (Å²) in [6.45, 7) is 7.51. The minimum Gasteiger partial charge on any atom is -0.258 e. The average molecular weight is 156 g/mol. The molecule has 0 heterocycles. The van der Waals surface area contributed by atoms with E-state index in [0.717, 1.165) is 12.8 Å². The summed E-state index contributed by atoms with van der Waals surface area (Å²) in [7, 11) is 0. The van der Waals surface area contributed by atoms with Crippen LogP contribution in [-0.2, 0) is 0 Å².